The second-order valence-electron chi connectivity index (χ2n) is 5.46. The minimum Gasteiger partial charge on any atom is -0.487 e. The molecule has 2 heterocycles. The SMILES string of the molecule is CC1(C)Cc2cc(C(O)c3ccoc3Br)ccc2O1. The number of aliphatic hydroxyl groups is 1. The van der Waals surface area contributed by atoms with Crippen LogP contribution in [0.4, 0.5) is 0 Å². The molecule has 0 fully saturated rings. The van der Waals surface area contributed by atoms with Crippen molar-refractivity contribution in [1.29, 1.82) is 0 Å². The smallest absolute Gasteiger partial charge is 0.175 e. The van der Waals surface area contributed by atoms with Gasteiger partial charge in [0.15, 0.2) is 4.67 Å². The number of rotatable bonds is 2. The third kappa shape index (κ3) is 2.30. The van der Waals surface area contributed by atoms with Crippen LogP contribution in [0.5, 0.6) is 5.75 Å². The topological polar surface area (TPSA) is 42.6 Å². The van der Waals surface area contributed by atoms with E-state index < -0.39 is 6.10 Å². The molecule has 19 heavy (non-hydrogen) atoms. The van der Waals surface area contributed by atoms with Gasteiger partial charge in [-0.2, -0.15) is 0 Å². The summed E-state index contributed by atoms with van der Waals surface area (Å²) in [6, 6.07) is 7.59. The number of hydrogen-bond donors (Lipinski definition) is 1. The van der Waals surface area contributed by atoms with Gasteiger partial charge in [0, 0.05) is 12.0 Å². The largest absolute Gasteiger partial charge is 0.487 e. The van der Waals surface area contributed by atoms with Crippen LogP contribution in [-0.4, -0.2) is 10.7 Å². The summed E-state index contributed by atoms with van der Waals surface area (Å²) < 4.78 is 11.6. The molecular weight excluding hydrogens is 308 g/mol. The van der Waals surface area contributed by atoms with E-state index in [0.717, 1.165) is 28.9 Å². The Kier molecular flexibility index (Phi) is 2.95. The van der Waals surface area contributed by atoms with Crippen LogP contribution in [0.1, 0.15) is 36.6 Å². The van der Waals surface area contributed by atoms with Crippen molar-refractivity contribution >= 4 is 15.9 Å². The predicted molar refractivity (Wildman–Crippen MR) is 75.3 cm³/mol. The number of halogens is 1. The standard InChI is InChI=1S/C15H15BrO3/c1-15(2)8-10-7-9(3-4-12(10)19-15)13(17)11-5-6-18-14(11)16/h3-7,13,17H,8H2,1-2H3. The van der Waals surface area contributed by atoms with Crippen LogP contribution in [0.2, 0.25) is 0 Å². The molecule has 0 amide bonds. The maximum Gasteiger partial charge on any atom is 0.175 e. The molecule has 1 atom stereocenters. The first-order chi connectivity index (χ1) is 8.96. The van der Waals surface area contributed by atoms with E-state index in [1.165, 1.54) is 0 Å². The average Bonchev–Trinajstić information content (AvgIpc) is 2.88. The van der Waals surface area contributed by atoms with Gasteiger partial charge in [-0.05, 0) is 59.1 Å². The van der Waals surface area contributed by atoms with Crippen LogP contribution in [0.3, 0.4) is 0 Å². The number of fused-ring (bicyclic) bond motifs is 1. The second kappa shape index (κ2) is 4.39. The van der Waals surface area contributed by atoms with Crippen LogP contribution in [0.25, 0.3) is 0 Å². The van der Waals surface area contributed by atoms with E-state index in [2.05, 4.69) is 29.8 Å². The van der Waals surface area contributed by atoms with Crippen molar-refractivity contribution in [2.45, 2.75) is 32.0 Å². The molecule has 100 valence electrons. The quantitative estimate of drug-likeness (QED) is 0.913. The van der Waals surface area contributed by atoms with Crippen LogP contribution in [0, 0.1) is 0 Å². The van der Waals surface area contributed by atoms with Gasteiger partial charge < -0.3 is 14.3 Å². The Bertz CT molecular complexity index is 616. The third-order valence-corrected chi connectivity index (χ3v) is 3.99. The van der Waals surface area contributed by atoms with Crippen molar-refractivity contribution < 1.29 is 14.3 Å². The van der Waals surface area contributed by atoms with E-state index in [4.69, 9.17) is 9.15 Å². The summed E-state index contributed by atoms with van der Waals surface area (Å²) in [5.41, 5.74) is 2.56. The highest BCUT2D eigenvalue weighted by Crippen LogP contribution is 2.38. The zero-order valence-electron chi connectivity index (χ0n) is 10.8. The van der Waals surface area contributed by atoms with Crippen LogP contribution >= 0.6 is 15.9 Å². The minimum absolute atomic E-state index is 0.165. The van der Waals surface area contributed by atoms with E-state index >= 15 is 0 Å². The first-order valence-electron chi connectivity index (χ1n) is 6.19. The minimum atomic E-state index is -0.692. The Hall–Kier alpha value is -1.26. The van der Waals surface area contributed by atoms with E-state index in [1.807, 2.05) is 18.2 Å². The lowest BCUT2D eigenvalue weighted by Gasteiger charge is -2.16. The van der Waals surface area contributed by atoms with Crippen LogP contribution < -0.4 is 4.74 Å². The lowest BCUT2D eigenvalue weighted by atomic mass is 9.97. The van der Waals surface area contributed by atoms with E-state index in [9.17, 15) is 5.11 Å². The lowest BCUT2D eigenvalue weighted by Crippen LogP contribution is -2.24. The Morgan fingerprint density at radius 3 is 2.79 bits per heavy atom. The third-order valence-electron chi connectivity index (χ3n) is 3.34. The number of aliphatic hydroxyl groups excluding tert-OH is 1. The van der Waals surface area contributed by atoms with Gasteiger partial charge >= 0.3 is 0 Å². The molecule has 1 aromatic carbocycles. The molecule has 1 aliphatic rings. The summed E-state index contributed by atoms with van der Waals surface area (Å²) in [7, 11) is 0. The molecule has 1 aromatic heterocycles. The Balaban J connectivity index is 1.94. The van der Waals surface area contributed by atoms with E-state index in [1.54, 1.807) is 12.3 Å². The molecule has 4 heteroatoms. The molecule has 0 aliphatic carbocycles. The van der Waals surface area contributed by atoms with E-state index in [0.29, 0.717) is 4.67 Å². The van der Waals surface area contributed by atoms with Gasteiger partial charge in [-0.15, -0.1) is 0 Å². The molecule has 1 aliphatic heterocycles. The summed E-state index contributed by atoms with van der Waals surface area (Å²) in [6.07, 6.45) is 1.72. The maximum absolute atomic E-state index is 10.4. The highest BCUT2D eigenvalue weighted by Gasteiger charge is 2.30. The Labute approximate surface area is 120 Å². The van der Waals surface area contributed by atoms with Gasteiger partial charge in [-0.25, -0.2) is 0 Å². The highest BCUT2D eigenvalue weighted by molar-refractivity contribution is 9.10. The van der Waals surface area contributed by atoms with Crippen molar-refractivity contribution in [2.75, 3.05) is 0 Å². The molecule has 3 nitrogen and oxygen atoms in total. The molecule has 0 spiro atoms. The number of furan rings is 1. The second-order valence-corrected chi connectivity index (χ2v) is 6.18. The van der Waals surface area contributed by atoms with Crippen LogP contribution in [-0.2, 0) is 6.42 Å². The highest BCUT2D eigenvalue weighted by atomic mass is 79.9. The monoisotopic (exact) mass is 322 g/mol. The van der Waals surface area contributed by atoms with E-state index in [-0.39, 0.29) is 5.60 Å². The summed E-state index contributed by atoms with van der Waals surface area (Å²) in [5, 5.41) is 10.4. The lowest BCUT2D eigenvalue weighted by molar-refractivity contribution is 0.138. The van der Waals surface area contributed by atoms with Crippen molar-refractivity contribution in [1.82, 2.24) is 0 Å². The molecule has 0 saturated carbocycles. The summed E-state index contributed by atoms with van der Waals surface area (Å²) in [5.74, 6) is 0.909. The number of ether oxygens (including phenoxy) is 1. The van der Waals surface area contributed by atoms with Gasteiger partial charge in [-0.3, -0.25) is 0 Å². The number of benzene rings is 1. The van der Waals surface area contributed by atoms with Gasteiger partial charge in [0.05, 0.1) is 6.26 Å². The van der Waals surface area contributed by atoms with Crippen molar-refractivity contribution in [2.24, 2.45) is 0 Å². The van der Waals surface area contributed by atoms with Gasteiger partial charge in [0.25, 0.3) is 0 Å². The Morgan fingerprint density at radius 2 is 2.11 bits per heavy atom. The molecule has 1 unspecified atom stereocenters. The normalized spacial score (nSPS) is 17.9. The van der Waals surface area contributed by atoms with Crippen LogP contribution in [0.15, 0.2) is 39.6 Å². The summed E-state index contributed by atoms with van der Waals surface area (Å²) >= 11 is 3.29. The average molecular weight is 323 g/mol. The van der Waals surface area contributed by atoms with Gasteiger partial charge in [0.2, 0.25) is 0 Å². The number of hydrogen-bond acceptors (Lipinski definition) is 3. The molecule has 0 bridgehead atoms. The molecule has 0 saturated heterocycles. The summed E-state index contributed by atoms with van der Waals surface area (Å²) in [4.78, 5) is 0. The molecule has 3 rings (SSSR count). The Morgan fingerprint density at radius 1 is 1.32 bits per heavy atom. The fourth-order valence-electron chi connectivity index (χ4n) is 2.48. The fraction of sp³-hybridized carbons (Fsp3) is 0.333. The molecule has 0 radical (unpaired) electrons. The molecule has 1 N–H and O–H groups in total. The molecule has 2 aromatic rings. The first-order valence-corrected chi connectivity index (χ1v) is 6.98. The first kappa shape index (κ1) is 12.8. The van der Waals surface area contributed by atoms with Crippen molar-refractivity contribution in [3.63, 3.8) is 0 Å². The maximum atomic E-state index is 10.4. The fourth-order valence-corrected chi connectivity index (χ4v) is 2.94. The van der Waals surface area contributed by atoms with Crippen molar-refractivity contribution in [3.8, 4) is 5.75 Å². The van der Waals surface area contributed by atoms with Crippen molar-refractivity contribution in [3.05, 3.63) is 51.9 Å². The zero-order valence-corrected chi connectivity index (χ0v) is 12.4. The predicted octanol–water partition coefficient (Wildman–Crippen LogP) is 3.84. The molecular formula is C15H15BrO3. The summed E-state index contributed by atoms with van der Waals surface area (Å²) in [6.45, 7) is 4.13. The van der Waals surface area contributed by atoms with Gasteiger partial charge in [-0.1, -0.05) is 6.07 Å². The van der Waals surface area contributed by atoms with Gasteiger partial charge in [0.1, 0.15) is 17.5 Å². The zero-order chi connectivity index (χ0) is 13.6.